The van der Waals surface area contributed by atoms with E-state index in [-0.39, 0.29) is 11.8 Å². The van der Waals surface area contributed by atoms with E-state index < -0.39 is 0 Å². The van der Waals surface area contributed by atoms with Crippen LogP contribution in [0.1, 0.15) is 26.2 Å². The maximum Gasteiger partial charge on any atom is 0.224 e. The summed E-state index contributed by atoms with van der Waals surface area (Å²) >= 11 is 0. The van der Waals surface area contributed by atoms with E-state index in [1.165, 1.54) is 12.8 Å². The van der Waals surface area contributed by atoms with Gasteiger partial charge in [-0.15, -0.1) is 0 Å². The number of nitrogens with one attached hydrogen (secondary N) is 1. The summed E-state index contributed by atoms with van der Waals surface area (Å²) in [5, 5.41) is 2.93. The lowest BCUT2D eigenvalue weighted by molar-refractivity contribution is -0.124. The van der Waals surface area contributed by atoms with Crippen LogP contribution in [0.5, 0.6) is 0 Å². The Hall–Kier alpha value is -0.570. The smallest absolute Gasteiger partial charge is 0.224 e. The molecule has 12 heavy (non-hydrogen) atoms. The zero-order chi connectivity index (χ0) is 8.97. The molecule has 0 bridgehead atoms. The van der Waals surface area contributed by atoms with E-state index in [2.05, 4.69) is 5.32 Å². The monoisotopic (exact) mass is 170 g/mol. The van der Waals surface area contributed by atoms with Crippen LogP contribution in [-0.4, -0.2) is 19.0 Å². The van der Waals surface area contributed by atoms with Gasteiger partial charge in [0.1, 0.15) is 0 Å². The molecule has 1 atom stereocenters. The molecule has 70 valence electrons. The van der Waals surface area contributed by atoms with Crippen molar-refractivity contribution < 1.29 is 4.79 Å². The van der Waals surface area contributed by atoms with E-state index in [1.807, 2.05) is 6.92 Å². The van der Waals surface area contributed by atoms with E-state index >= 15 is 0 Å². The van der Waals surface area contributed by atoms with Crippen molar-refractivity contribution in [2.24, 2.45) is 17.6 Å². The van der Waals surface area contributed by atoms with Gasteiger partial charge in [-0.25, -0.2) is 0 Å². The van der Waals surface area contributed by atoms with Gasteiger partial charge in [-0.3, -0.25) is 4.79 Å². The number of hydrogen-bond acceptors (Lipinski definition) is 2. The number of hydrogen-bond donors (Lipinski definition) is 2. The second-order valence-electron chi connectivity index (χ2n) is 3.53. The fourth-order valence-corrected chi connectivity index (χ4v) is 1.17. The highest BCUT2D eigenvalue weighted by Crippen LogP contribution is 2.27. The molecule has 1 amide bonds. The Morgan fingerprint density at radius 2 is 2.33 bits per heavy atom. The lowest BCUT2D eigenvalue weighted by Crippen LogP contribution is -2.35. The van der Waals surface area contributed by atoms with Crippen LogP contribution >= 0.6 is 0 Å². The summed E-state index contributed by atoms with van der Waals surface area (Å²) in [6.45, 7) is 3.32. The first-order chi connectivity index (χ1) is 5.77. The van der Waals surface area contributed by atoms with Crippen molar-refractivity contribution >= 4 is 5.91 Å². The molecule has 3 heteroatoms. The molecule has 0 aliphatic heterocycles. The number of rotatable bonds is 5. The van der Waals surface area contributed by atoms with Crippen molar-refractivity contribution in [3.63, 3.8) is 0 Å². The molecule has 1 saturated carbocycles. The van der Waals surface area contributed by atoms with Crippen LogP contribution in [0.15, 0.2) is 0 Å². The largest absolute Gasteiger partial charge is 0.356 e. The minimum Gasteiger partial charge on any atom is -0.356 e. The third kappa shape index (κ3) is 2.81. The second kappa shape index (κ2) is 4.45. The zero-order valence-electron chi connectivity index (χ0n) is 7.68. The topological polar surface area (TPSA) is 55.1 Å². The van der Waals surface area contributed by atoms with Gasteiger partial charge in [0.15, 0.2) is 0 Å². The van der Waals surface area contributed by atoms with Crippen molar-refractivity contribution in [3.8, 4) is 0 Å². The van der Waals surface area contributed by atoms with Gasteiger partial charge in [0.2, 0.25) is 5.91 Å². The first kappa shape index (κ1) is 9.52. The molecule has 0 spiro atoms. The number of carbonyl (C=O) groups excluding carboxylic acids is 1. The van der Waals surface area contributed by atoms with Crippen molar-refractivity contribution in [2.45, 2.75) is 26.2 Å². The molecule has 0 aromatic heterocycles. The summed E-state index contributed by atoms with van der Waals surface area (Å²) in [7, 11) is 0. The fourth-order valence-electron chi connectivity index (χ4n) is 1.17. The predicted octanol–water partition coefficient (Wildman–Crippen LogP) is 0.497. The van der Waals surface area contributed by atoms with Gasteiger partial charge in [-0.1, -0.05) is 6.92 Å². The molecule has 0 heterocycles. The summed E-state index contributed by atoms with van der Waals surface area (Å²) in [5.74, 6) is 0.903. The van der Waals surface area contributed by atoms with Crippen molar-refractivity contribution in [1.82, 2.24) is 5.32 Å². The molecule has 0 aromatic rings. The lowest BCUT2D eigenvalue weighted by Gasteiger charge is -2.11. The zero-order valence-corrected chi connectivity index (χ0v) is 7.68. The van der Waals surface area contributed by atoms with Crippen molar-refractivity contribution in [2.75, 3.05) is 13.1 Å². The van der Waals surface area contributed by atoms with Crippen LogP contribution in [0.4, 0.5) is 0 Å². The van der Waals surface area contributed by atoms with Crippen LogP contribution in [0.25, 0.3) is 0 Å². The van der Waals surface area contributed by atoms with Crippen molar-refractivity contribution in [3.05, 3.63) is 0 Å². The summed E-state index contributed by atoms with van der Waals surface area (Å²) in [4.78, 5) is 11.3. The fraction of sp³-hybridized carbons (Fsp3) is 0.889. The third-order valence-corrected chi connectivity index (χ3v) is 2.41. The third-order valence-electron chi connectivity index (χ3n) is 2.41. The Morgan fingerprint density at radius 1 is 1.67 bits per heavy atom. The highest BCUT2D eigenvalue weighted by Gasteiger charge is 2.23. The average Bonchev–Trinajstić information content (AvgIpc) is 2.86. The second-order valence-corrected chi connectivity index (χ2v) is 3.53. The molecule has 0 aromatic carbocycles. The molecule has 1 rings (SSSR count). The summed E-state index contributed by atoms with van der Waals surface area (Å²) < 4.78 is 0. The number of amides is 1. The molecule has 0 saturated heterocycles. The van der Waals surface area contributed by atoms with Gasteiger partial charge >= 0.3 is 0 Å². The average molecular weight is 170 g/mol. The standard InChI is InChI=1S/C9H18N2O/c1-2-8(5-10)9(12)11-6-7-3-4-7/h7-8H,2-6,10H2,1H3,(H,11,12). The maximum absolute atomic E-state index is 11.3. The van der Waals surface area contributed by atoms with Crippen LogP contribution in [0.2, 0.25) is 0 Å². The molecular formula is C9H18N2O. The molecule has 1 unspecified atom stereocenters. The molecule has 1 aliphatic carbocycles. The minimum atomic E-state index is 0.0174. The molecular weight excluding hydrogens is 152 g/mol. The Balaban J connectivity index is 2.15. The Morgan fingerprint density at radius 3 is 2.75 bits per heavy atom. The molecule has 0 radical (unpaired) electrons. The van der Waals surface area contributed by atoms with E-state index in [0.717, 1.165) is 18.9 Å². The van der Waals surface area contributed by atoms with E-state index in [4.69, 9.17) is 5.73 Å². The maximum atomic E-state index is 11.3. The Kier molecular flexibility index (Phi) is 3.53. The highest BCUT2D eigenvalue weighted by atomic mass is 16.1. The Labute approximate surface area is 73.7 Å². The van der Waals surface area contributed by atoms with Gasteiger partial charge in [-0.2, -0.15) is 0 Å². The first-order valence-corrected chi connectivity index (χ1v) is 4.75. The molecule has 3 nitrogen and oxygen atoms in total. The minimum absolute atomic E-state index is 0.0174. The van der Waals surface area contributed by atoms with Crippen LogP contribution in [0, 0.1) is 11.8 Å². The lowest BCUT2D eigenvalue weighted by atomic mass is 10.1. The first-order valence-electron chi connectivity index (χ1n) is 4.75. The molecule has 1 aliphatic rings. The van der Waals surface area contributed by atoms with Crippen molar-refractivity contribution in [1.29, 1.82) is 0 Å². The van der Waals surface area contributed by atoms with E-state index in [1.54, 1.807) is 0 Å². The van der Waals surface area contributed by atoms with Crippen LogP contribution in [-0.2, 0) is 4.79 Å². The quantitative estimate of drug-likeness (QED) is 0.631. The molecule has 1 fully saturated rings. The van der Waals surface area contributed by atoms with Gasteiger partial charge < -0.3 is 11.1 Å². The van der Waals surface area contributed by atoms with Crippen LogP contribution < -0.4 is 11.1 Å². The van der Waals surface area contributed by atoms with E-state index in [9.17, 15) is 4.79 Å². The van der Waals surface area contributed by atoms with Gasteiger partial charge in [0, 0.05) is 19.0 Å². The van der Waals surface area contributed by atoms with Gasteiger partial charge in [-0.05, 0) is 25.2 Å². The summed E-state index contributed by atoms with van der Waals surface area (Å²) in [6.07, 6.45) is 3.40. The van der Waals surface area contributed by atoms with Crippen LogP contribution in [0.3, 0.4) is 0 Å². The number of nitrogens with two attached hydrogens (primary N) is 1. The normalized spacial score (nSPS) is 18.8. The predicted molar refractivity (Wildman–Crippen MR) is 48.6 cm³/mol. The summed E-state index contributed by atoms with van der Waals surface area (Å²) in [5.41, 5.74) is 5.45. The molecule has 3 N–H and O–H groups in total. The van der Waals surface area contributed by atoms with E-state index in [0.29, 0.717) is 6.54 Å². The highest BCUT2D eigenvalue weighted by molar-refractivity contribution is 5.78. The van der Waals surface area contributed by atoms with Gasteiger partial charge in [0.05, 0.1) is 0 Å². The Bertz CT molecular complexity index is 151. The number of carbonyl (C=O) groups is 1. The SMILES string of the molecule is CCC(CN)C(=O)NCC1CC1. The van der Waals surface area contributed by atoms with Gasteiger partial charge in [0.25, 0.3) is 0 Å². The summed E-state index contributed by atoms with van der Waals surface area (Å²) in [6, 6.07) is 0.